The van der Waals surface area contributed by atoms with Crippen molar-refractivity contribution in [2.24, 2.45) is 0 Å². The number of ketones is 2. The molecule has 6 heterocycles. The van der Waals surface area contributed by atoms with Crippen molar-refractivity contribution in [2.75, 3.05) is 14.2 Å². The van der Waals surface area contributed by atoms with Gasteiger partial charge < -0.3 is 38.5 Å². The van der Waals surface area contributed by atoms with Gasteiger partial charge in [-0.25, -0.2) is 15.0 Å². The standard InChI is InChI=1S/C26H24F2N2O4.C19H16ClF2NO3.C6H8BNO3/c1-14-9-18(30-24(16(14)3)19-13-29-23(32-4)10-15(19)2)12-22(31)25(7-8-25)17-5-6-20-21(11-17)34-26(27,28)33-20;1-10-7-13(23-17(20)11(10)2)9-16(24)18(5-6-18)12-3-4-14-15(8-12)26-19(21,22)25-14;1-11-6-3-2-5(4-8-6)7(9)10/h5-6,9-11,13H,7-8,12H2,1-4H3;3-4,7-8H,5-6,9H2,1-2H3;2-4,9-10H,1H3. The summed E-state index contributed by atoms with van der Waals surface area (Å²) in [6.45, 7) is 9.75. The van der Waals surface area contributed by atoms with Gasteiger partial charge in [0.1, 0.15) is 16.7 Å². The van der Waals surface area contributed by atoms with Crippen LogP contribution in [0, 0.1) is 34.6 Å². The first kappa shape index (κ1) is 50.6. The third kappa shape index (κ3) is 10.8. The summed E-state index contributed by atoms with van der Waals surface area (Å²) in [5.74, 6) is 0.841. The molecule has 0 radical (unpaired) electrons. The molecule has 0 unspecified atom stereocenters. The molecule has 6 aromatic rings. The second kappa shape index (κ2) is 19.4. The zero-order chi connectivity index (χ0) is 51.2. The number of Topliss-reactive ketones (excluding diaryl/α,β-unsaturated/α-hetero) is 2. The molecule has 370 valence electrons. The van der Waals surface area contributed by atoms with Crippen molar-refractivity contribution in [3.8, 4) is 46.0 Å². The maximum Gasteiger partial charge on any atom is 0.586 e. The fourth-order valence-electron chi connectivity index (χ4n) is 8.43. The molecule has 4 aromatic heterocycles. The Morgan fingerprint density at radius 3 is 1.54 bits per heavy atom. The summed E-state index contributed by atoms with van der Waals surface area (Å²) in [6.07, 6.45) is -1.34. The van der Waals surface area contributed by atoms with Crippen LogP contribution in [0.3, 0.4) is 0 Å². The number of nitrogens with zero attached hydrogens (tertiary/aromatic N) is 4. The number of pyridine rings is 4. The molecule has 14 nitrogen and oxygen atoms in total. The number of alkyl halides is 4. The number of rotatable bonds is 12. The number of hydrogen-bond acceptors (Lipinski definition) is 14. The first-order chi connectivity index (χ1) is 33.6. The third-order valence-electron chi connectivity index (χ3n) is 13.1. The summed E-state index contributed by atoms with van der Waals surface area (Å²) in [6, 6.07) is 17.9. The first-order valence-corrected chi connectivity index (χ1v) is 22.8. The van der Waals surface area contributed by atoms with Crippen LogP contribution in [-0.2, 0) is 33.3 Å². The Hall–Kier alpha value is -6.83. The number of aryl methyl sites for hydroxylation is 3. The first-order valence-electron chi connectivity index (χ1n) is 22.4. The highest BCUT2D eigenvalue weighted by atomic mass is 35.5. The molecule has 20 heteroatoms. The lowest BCUT2D eigenvalue weighted by molar-refractivity contribution is -0.287. The number of benzene rings is 2. The molecule has 0 spiro atoms. The van der Waals surface area contributed by atoms with Gasteiger partial charge in [0.2, 0.25) is 11.8 Å². The van der Waals surface area contributed by atoms with Crippen molar-refractivity contribution in [1.82, 2.24) is 19.9 Å². The molecule has 0 saturated heterocycles. The number of fused-ring (bicyclic) bond motifs is 2. The summed E-state index contributed by atoms with van der Waals surface area (Å²) in [4.78, 5) is 43.6. The quantitative estimate of drug-likeness (QED) is 0.0676. The Labute approximate surface area is 411 Å². The fraction of sp³-hybridized carbons (Fsp3) is 0.333. The average molecular weight is 999 g/mol. The van der Waals surface area contributed by atoms with Crippen molar-refractivity contribution >= 4 is 35.7 Å². The summed E-state index contributed by atoms with van der Waals surface area (Å²) < 4.78 is 81.2. The van der Waals surface area contributed by atoms with Crippen LogP contribution in [0.5, 0.6) is 34.8 Å². The number of methoxy groups -OCH3 is 2. The predicted molar refractivity (Wildman–Crippen MR) is 252 cm³/mol. The van der Waals surface area contributed by atoms with Crippen molar-refractivity contribution in [3.05, 3.63) is 135 Å². The molecule has 0 bridgehead atoms. The number of carbonyl (C=O) groups is 2. The number of hydrogen-bond donors (Lipinski definition) is 2. The molecule has 71 heavy (non-hydrogen) atoms. The largest absolute Gasteiger partial charge is 0.586 e. The maximum atomic E-state index is 13.4. The molecule has 0 atom stereocenters. The van der Waals surface area contributed by atoms with Gasteiger partial charge in [-0.1, -0.05) is 29.8 Å². The third-order valence-corrected chi connectivity index (χ3v) is 13.5. The van der Waals surface area contributed by atoms with Crippen LogP contribution >= 0.6 is 11.6 Å². The molecule has 2 aliphatic heterocycles. The van der Waals surface area contributed by atoms with Crippen LogP contribution in [-0.4, -0.2) is 75.5 Å². The second-order valence-corrected chi connectivity index (χ2v) is 18.2. The second-order valence-electron chi connectivity index (χ2n) is 17.8. The van der Waals surface area contributed by atoms with E-state index in [0.29, 0.717) is 70.6 Å². The van der Waals surface area contributed by atoms with Crippen molar-refractivity contribution < 1.29 is 65.6 Å². The predicted octanol–water partition coefficient (Wildman–Crippen LogP) is 8.53. The lowest BCUT2D eigenvalue weighted by atomic mass is 9.82. The number of carbonyl (C=O) groups excluding carboxylic acids is 2. The Morgan fingerprint density at radius 1 is 0.620 bits per heavy atom. The van der Waals surface area contributed by atoms with E-state index in [4.69, 9.17) is 36.1 Å². The molecule has 2 N–H and O–H groups in total. The van der Waals surface area contributed by atoms with E-state index in [0.717, 1.165) is 39.1 Å². The number of ether oxygens (including phenoxy) is 6. The molecule has 2 saturated carbocycles. The zero-order valence-corrected chi connectivity index (χ0v) is 40.4. The summed E-state index contributed by atoms with van der Waals surface area (Å²) >= 11 is 6.12. The van der Waals surface area contributed by atoms with E-state index in [1.807, 2.05) is 52.8 Å². The highest BCUT2D eigenvalue weighted by Gasteiger charge is 2.53. The minimum atomic E-state index is -3.68. The van der Waals surface area contributed by atoms with Gasteiger partial charge in [-0.3, -0.25) is 14.6 Å². The molecule has 0 amide bonds. The SMILES string of the molecule is COc1cc(C)c(-c2nc(CC(=O)C3(c4ccc5c(c4)OC(F)(F)O5)CC3)cc(C)c2C)cn1.COc1ccc(B(O)O)cn1.Cc1cc(CC(=O)C2(c3ccc4c(c3)OC(F)(F)O4)CC2)nc(Cl)c1C. The molecular formula is C51H48BClF4N4O10. The average Bonchev–Trinajstić information content (AvgIpc) is 4.25. The Bertz CT molecular complexity index is 3020. The van der Waals surface area contributed by atoms with E-state index in [-0.39, 0.29) is 47.4 Å². The Balaban J connectivity index is 0.000000161. The van der Waals surface area contributed by atoms with Gasteiger partial charge in [0.25, 0.3) is 0 Å². The lowest BCUT2D eigenvalue weighted by Crippen LogP contribution is -2.29. The van der Waals surface area contributed by atoms with Crippen LogP contribution in [0.1, 0.15) is 76.0 Å². The number of aromatic nitrogens is 4. The van der Waals surface area contributed by atoms with E-state index >= 15 is 0 Å². The smallest absolute Gasteiger partial charge is 0.481 e. The van der Waals surface area contributed by atoms with Crippen LogP contribution < -0.4 is 33.9 Å². The summed E-state index contributed by atoms with van der Waals surface area (Å²) in [7, 11) is 1.60. The molecule has 4 aliphatic rings. The van der Waals surface area contributed by atoms with Gasteiger partial charge in [-0.2, -0.15) is 0 Å². The van der Waals surface area contributed by atoms with Crippen molar-refractivity contribution in [3.63, 3.8) is 0 Å². The Morgan fingerprint density at radius 2 is 1.10 bits per heavy atom. The van der Waals surface area contributed by atoms with E-state index < -0.39 is 30.5 Å². The Kier molecular flexibility index (Phi) is 13.8. The summed E-state index contributed by atoms with van der Waals surface area (Å²) in [5.41, 5.74) is 8.11. The van der Waals surface area contributed by atoms with Gasteiger partial charge in [-0.15, -0.1) is 17.6 Å². The summed E-state index contributed by atoms with van der Waals surface area (Å²) in [5, 5.41) is 17.7. The van der Waals surface area contributed by atoms with Crippen LogP contribution in [0.15, 0.2) is 79.1 Å². The zero-order valence-electron chi connectivity index (χ0n) is 39.7. The van der Waals surface area contributed by atoms with Gasteiger partial charge in [0.15, 0.2) is 23.0 Å². The topological polar surface area (TPSA) is 182 Å². The van der Waals surface area contributed by atoms with Gasteiger partial charge >= 0.3 is 19.7 Å². The van der Waals surface area contributed by atoms with E-state index in [9.17, 15) is 27.2 Å². The number of halogens is 5. The van der Waals surface area contributed by atoms with E-state index in [1.54, 1.807) is 31.5 Å². The van der Waals surface area contributed by atoms with E-state index in [2.05, 4.69) is 33.9 Å². The van der Waals surface area contributed by atoms with Crippen molar-refractivity contribution in [2.45, 2.75) is 96.6 Å². The monoisotopic (exact) mass is 998 g/mol. The normalized spacial score (nSPS) is 16.4. The molecule has 2 aliphatic carbocycles. The van der Waals surface area contributed by atoms with Crippen LogP contribution in [0.4, 0.5) is 17.6 Å². The lowest BCUT2D eigenvalue weighted by Gasteiger charge is -2.17. The highest BCUT2D eigenvalue weighted by Crippen LogP contribution is 2.54. The van der Waals surface area contributed by atoms with Gasteiger partial charge in [-0.05, 0) is 142 Å². The van der Waals surface area contributed by atoms with E-state index in [1.165, 1.54) is 43.6 Å². The molecule has 2 aromatic carbocycles. The molecular weight excluding hydrogens is 951 g/mol. The fourth-order valence-corrected chi connectivity index (χ4v) is 8.69. The van der Waals surface area contributed by atoms with Gasteiger partial charge in [0.05, 0.1) is 30.7 Å². The minimum absolute atomic E-state index is 0.00408. The molecule has 10 rings (SSSR count). The maximum absolute atomic E-state index is 13.4. The minimum Gasteiger partial charge on any atom is -0.481 e. The molecule has 2 fully saturated rings. The van der Waals surface area contributed by atoms with Crippen molar-refractivity contribution in [1.29, 1.82) is 0 Å². The van der Waals surface area contributed by atoms with Crippen LogP contribution in [0.25, 0.3) is 11.3 Å². The highest BCUT2D eigenvalue weighted by molar-refractivity contribution is 6.58. The van der Waals surface area contributed by atoms with Gasteiger partial charge in [0, 0.05) is 53.7 Å². The van der Waals surface area contributed by atoms with Crippen LogP contribution in [0.2, 0.25) is 5.15 Å².